The fourth-order valence-electron chi connectivity index (χ4n) is 10.3. The number of hydrogen-bond donors (Lipinski definition) is 2. The van der Waals surface area contributed by atoms with Crippen LogP contribution in [0.1, 0.15) is 105 Å². The van der Waals surface area contributed by atoms with Gasteiger partial charge in [0.1, 0.15) is 5.66 Å². The van der Waals surface area contributed by atoms with Crippen molar-refractivity contribution >= 4 is 7.60 Å². The summed E-state index contributed by atoms with van der Waals surface area (Å²) in [6.45, 7) is 12.8. The van der Waals surface area contributed by atoms with E-state index in [4.69, 9.17) is 0 Å². The lowest BCUT2D eigenvalue weighted by Crippen LogP contribution is -2.51. The van der Waals surface area contributed by atoms with Crippen molar-refractivity contribution in [2.24, 2.45) is 52.3 Å². The van der Waals surface area contributed by atoms with Gasteiger partial charge in [0.25, 0.3) is 0 Å². The molecule has 218 valence electrons. The second-order valence-corrected chi connectivity index (χ2v) is 16.9. The van der Waals surface area contributed by atoms with Crippen LogP contribution in [0.4, 0.5) is 0 Å². The van der Waals surface area contributed by atoms with Gasteiger partial charge in [-0.3, -0.25) is 4.57 Å². The van der Waals surface area contributed by atoms with E-state index in [9.17, 15) is 14.4 Å². The van der Waals surface area contributed by atoms with Crippen LogP contribution in [0.5, 0.6) is 0 Å². The molecule has 0 amide bonds. The first-order chi connectivity index (χ1) is 18.4. The minimum absolute atomic E-state index is 0.0471. The second-order valence-electron chi connectivity index (χ2n) is 15.0. The van der Waals surface area contributed by atoms with Gasteiger partial charge in [-0.05, 0) is 104 Å². The molecule has 3 fully saturated rings. The SMILES string of the molecule is CC(C)CCC[C@@H](C)[C@H]1CCC2C3CC=C4CC(C(C[n+]5ccccc5)P(=O)(O)O)CC[C@]4(C)C3CC[C@@]21C. The minimum atomic E-state index is -4.21. The van der Waals surface area contributed by atoms with Crippen LogP contribution < -0.4 is 4.57 Å². The Labute approximate surface area is 238 Å². The van der Waals surface area contributed by atoms with E-state index in [0.717, 1.165) is 54.8 Å². The van der Waals surface area contributed by atoms with E-state index in [2.05, 4.69) is 40.7 Å². The molecule has 5 unspecified atom stereocenters. The van der Waals surface area contributed by atoms with Gasteiger partial charge in [-0.15, -0.1) is 0 Å². The van der Waals surface area contributed by atoms with Crippen molar-refractivity contribution in [2.45, 2.75) is 117 Å². The summed E-state index contributed by atoms with van der Waals surface area (Å²) in [7, 11) is -4.21. The van der Waals surface area contributed by atoms with E-state index in [1.54, 1.807) is 0 Å². The largest absolute Gasteiger partial charge is 0.335 e. The Morgan fingerprint density at radius 3 is 2.41 bits per heavy atom. The summed E-state index contributed by atoms with van der Waals surface area (Å²) >= 11 is 0. The van der Waals surface area contributed by atoms with Gasteiger partial charge in [0.2, 0.25) is 0 Å². The standard InChI is InChI=1S/C34H54NO3P/c1-24(2)10-9-11-25(3)29-14-15-30-28-13-12-27-22-26(16-18-33(27,4)31(28)17-19-34(29,30)5)32(39(36,37)38)23-35-20-7-6-8-21-35/h6-8,12,20-21,24-26,28-32H,9-11,13-19,22-23H2,1-5H3,(H-,36,37,38)/p+1/t25-,26?,28?,29-,30?,31?,32?,33+,34-/m1/s1. The molecule has 1 heterocycles. The Balaban J connectivity index is 1.31. The van der Waals surface area contributed by atoms with E-state index in [-0.39, 0.29) is 11.3 Å². The molecule has 5 rings (SSSR count). The fourth-order valence-corrected chi connectivity index (χ4v) is 11.5. The quantitative estimate of drug-likeness (QED) is 0.183. The lowest BCUT2D eigenvalue weighted by molar-refractivity contribution is -0.697. The molecule has 0 aliphatic heterocycles. The third kappa shape index (κ3) is 5.74. The van der Waals surface area contributed by atoms with Gasteiger partial charge < -0.3 is 9.79 Å². The van der Waals surface area contributed by atoms with Crippen LogP contribution in [0.15, 0.2) is 42.2 Å². The van der Waals surface area contributed by atoms with Crippen LogP contribution in [0.2, 0.25) is 0 Å². The van der Waals surface area contributed by atoms with Gasteiger partial charge >= 0.3 is 7.60 Å². The van der Waals surface area contributed by atoms with Crippen LogP contribution in [0, 0.1) is 52.3 Å². The summed E-state index contributed by atoms with van der Waals surface area (Å²) in [5.41, 5.74) is 1.61. The van der Waals surface area contributed by atoms with Gasteiger partial charge in [0.05, 0.1) is 0 Å². The maximum absolute atomic E-state index is 12.7. The highest BCUT2D eigenvalue weighted by atomic mass is 31.2. The first kappa shape index (κ1) is 29.5. The van der Waals surface area contributed by atoms with Gasteiger partial charge in [-0.1, -0.05) is 71.6 Å². The number of aromatic nitrogens is 1. The second kappa shape index (κ2) is 11.4. The summed E-state index contributed by atoms with van der Waals surface area (Å²) < 4.78 is 14.7. The molecular weight excluding hydrogens is 501 g/mol. The lowest BCUT2D eigenvalue weighted by atomic mass is 9.46. The predicted octanol–water partition coefficient (Wildman–Crippen LogP) is 8.18. The van der Waals surface area contributed by atoms with Crippen molar-refractivity contribution in [1.29, 1.82) is 0 Å². The summed E-state index contributed by atoms with van der Waals surface area (Å²) in [5, 5.41) is 0. The number of fused-ring (bicyclic) bond motifs is 5. The third-order valence-electron chi connectivity index (χ3n) is 12.5. The molecule has 0 saturated heterocycles. The van der Waals surface area contributed by atoms with E-state index >= 15 is 0 Å². The van der Waals surface area contributed by atoms with Gasteiger partial charge in [0.15, 0.2) is 18.9 Å². The van der Waals surface area contributed by atoms with Gasteiger partial charge in [0, 0.05) is 12.1 Å². The van der Waals surface area contributed by atoms with Crippen LogP contribution in [-0.4, -0.2) is 15.4 Å². The zero-order valence-electron chi connectivity index (χ0n) is 25.3. The molecule has 39 heavy (non-hydrogen) atoms. The van der Waals surface area contributed by atoms with Crippen LogP contribution in [0.3, 0.4) is 0 Å². The summed E-state index contributed by atoms with van der Waals surface area (Å²) in [6, 6.07) is 5.83. The highest BCUT2D eigenvalue weighted by Crippen LogP contribution is 2.68. The molecule has 1 aromatic heterocycles. The van der Waals surface area contributed by atoms with Crippen molar-refractivity contribution in [1.82, 2.24) is 0 Å². The lowest BCUT2D eigenvalue weighted by Gasteiger charge is -2.59. The maximum atomic E-state index is 12.7. The molecule has 4 aliphatic rings. The molecule has 2 N–H and O–H groups in total. The number of nitrogens with zero attached hydrogens (tertiary/aromatic N) is 1. The summed E-state index contributed by atoms with van der Waals surface area (Å²) in [4.78, 5) is 20.8. The maximum Gasteiger partial charge on any atom is 0.335 e. The average molecular weight is 557 g/mol. The number of rotatable bonds is 9. The average Bonchev–Trinajstić information content (AvgIpc) is 3.24. The normalized spacial score (nSPS) is 37.9. The van der Waals surface area contributed by atoms with Crippen molar-refractivity contribution in [2.75, 3.05) is 0 Å². The molecule has 0 spiro atoms. The van der Waals surface area contributed by atoms with Gasteiger partial charge in [-0.2, -0.15) is 0 Å². The highest BCUT2D eigenvalue weighted by molar-refractivity contribution is 7.52. The first-order valence-corrected chi connectivity index (χ1v) is 17.8. The molecule has 1 aromatic rings. The third-order valence-corrected chi connectivity index (χ3v) is 13.9. The molecule has 5 heteroatoms. The molecule has 9 atom stereocenters. The zero-order chi connectivity index (χ0) is 28.0. The molecule has 4 aliphatic carbocycles. The Morgan fingerprint density at radius 1 is 0.974 bits per heavy atom. The fraction of sp³-hybridized carbons (Fsp3) is 0.794. The van der Waals surface area contributed by atoms with E-state index < -0.39 is 13.3 Å². The Bertz CT molecular complexity index is 1070. The van der Waals surface area contributed by atoms with Crippen LogP contribution in [-0.2, 0) is 11.1 Å². The Hall–Kier alpha value is -0.960. The van der Waals surface area contributed by atoms with Crippen molar-refractivity contribution in [3.8, 4) is 0 Å². The van der Waals surface area contributed by atoms with E-state index in [0.29, 0.717) is 12.0 Å². The molecule has 0 radical (unpaired) electrons. The molecule has 3 saturated carbocycles. The van der Waals surface area contributed by atoms with Crippen molar-refractivity contribution in [3.05, 3.63) is 42.2 Å². The zero-order valence-corrected chi connectivity index (χ0v) is 26.2. The van der Waals surface area contributed by atoms with Crippen molar-refractivity contribution in [3.63, 3.8) is 0 Å². The minimum Gasteiger partial charge on any atom is -0.324 e. The van der Waals surface area contributed by atoms with Crippen molar-refractivity contribution < 1.29 is 18.9 Å². The Kier molecular flexibility index (Phi) is 8.61. The summed E-state index contributed by atoms with van der Waals surface area (Å²) in [5.74, 6) is 4.95. The smallest absolute Gasteiger partial charge is 0.324 e. The van der Waals surface area contributed by atoms with E-state index in [1.165, 1.54) is 56.9 Å². The number of pyridine rings is 1. The van der Waals surface area contributed by atoms with Crippen LogP contribution in [0.25, 0.3) is 0 Å². The first-order valence-electron chi connectivity index (χ1n) is 16.1. The highest BCUT2D eigenvalue weighted by Gasteiger charge is 2.59. The molecular formula is C34H55NO3P+. The molecule has 0 aromatic carbocycles. The molecule has 4 nitrogen and oxygen atoms in total. The number of hydrogen-bond acceptors (Lipinski definition) is 1. The number of allylic oxidation sites excluding steroid dienone is 2. The van der Waals surface area contributed by atoms with Gasteiger partial charge in [-0.25, -0.2) is 4.57 Å². The topological polar surface area (TPSA) is 61.4 Å². The summed E-state index contributed by atoms with van der Waals surface area (Å²) in [6.07, 6.45) is 20.2. The predicted molar refractivity (Wildman–Crippen MR) is 159 cm³/mol. The molecule has 0 bridgehead atoms. The monoisotopic (exact) mass is 556 g/mol. The van der Waals surface area contributed by atoms with E-state index in [1.807, 2.05) is 35.2 Å². The Morgan fingerprint density at radius 2 is 1.72 bits per heavy atom. The van der Waals surface area contributed by atoms with Crippen LogP contribution >= 0.6 is 7.60 Å².